The van der Waals surface area contributed by atoms with Crippen LogP contribution in [0.5, 0.6) is 0 Å². The molecule has 0 radical (unpaired) electrons. The molecular formula is C15H20N6O2. The molecule has 0 bridgehead atoms. The molecule has 1 aliphatic heterocycles. The third-order valence-corrected chi connectivity index (χ3v) is 3.70. The molecule has 0 saturated carbocycles. The van der Waals surface area contributed by atoms with Crippen molar-refractivity contribution in [2.45, 2.75) is 6.42 Å². The van der Waals surface area contributed by atoms with Crippen LogP contribution in [0.25, 0.3) is 5.82 Å². The molecule has 1 aliphatic rings. The molecule has 3 heterocycles. The Morgan fingerprint density at radius 1 is 1.35 bits per heavy atom. The molecule has 0 atom stereocenters. The molecule has 1 fully saturated rings. The van der Waals surface area contributed by atoms with Crippen LogP contribution in [0.15, 0.2) is 31.0 Å². The molecule has 0 unspecified atom stereocenters. The van der Waals surface area contributed by atoms with E-state index in [1.165, 1.54) is 11.0 Å². The molecule has 8 heteroatoms. The highest BCUT2D eigenvalue weighted by atomic mass is 16.5. The van der Waals surface area contributed by atoms with Crippen molar-refractivity contribution in [3.8, 4) is 5.82 Å². The first-order valence-electron chi connectivity index (χ1n) is 7.72. The molecule has 0 aliphatic carbocycles. The average molecular weight is 316 g/mol. The quantitative estimate of drug-likeness (QED) is 0.762. The van der Waals surface area contributed by atoms with Crippen LogP contribution in [0, 0.1) is 0 Å². The van der Waals surface area contributed by atoms with Gasteiger partial charge in [-0.05, 0) is 25.1 Å². The average Bonchev–Trinajstić information content (AvgIpc) is 3.14. The van der Waals surface area contributed by atoms with Crippen molar-refractivity contribution >= 4 is 5.91 Å². The maximum Gasteiger partial charge on any atom is 0.251 e. The Labute approximate surface area is 134 Å². The molecule has 23 heavy (non-hydrogen) atoms. The number of hydrogen-bond donors (Lipinski definition) is 1. The maximum absolute atomic E-state index is 12.2. The lowest BCUT2D eigenvalue weighted by atomic mass is 10.2. The first kappa shape index (κ1) is 15.6. The van der Waals surface area contributed by atoms with Crippen LogP contribution < -0.4 is 5.32 Å². The van der Waals surface area contributed by atoms with Crippen molar-refractivity contribution in [1.82, 2.24) is 30.0 Å². The summed E-state index contributed by atoms with van der Waals surface area (Å²) in [6, 6.07) is 3.39. The van der Waals surface area contributed by atoms with Gasteiger partial charge in [-0.3, -0.25) is 9.69 Å². The molecular weight excluding hydrogens is 296 g/mol. The van der Waals surface area contributed by atoms with Crippen molar-refractivity contribution in [1.29, 1.82) is 0 Å². The highest BCUT2D eigenvalue weighted by Gasteiger charge is 2.11. The number of nitrogens with one attached hydrogen (secondary N) is 1. The van der Waals surface area contributed by atoms with Gasteiger partial charge in [-0.1, -0.05) is 0 Å². The van der Waals surface area contributed by atoms with E-state index in [2.05, 4.69) is 25.3 Å². The summed E-state index contributed by atoms with van der Waals surface area (Å²) < 4.78 is 6.84. The number of aromatic nitrogens is 4. The van der Waals surface area contributed by atoms with Crippen LogP contribution in [0.1, 0.15) is 16.8 Å². The number of hydrogen-bond acceptors (Lipinski definition) is 6. The van der Waals surface area contributed by atoms with Crippen molar-refractivity contribution in [3.05, 3.63) is 36.5 Å². The third-order valence-electron chi connectivity index (χ3n) is 3.70. The summed E-state index contributed by atoms with van der Waals surface area (Å²) in [4.78, 5) is 22.6. The summed E-state index contributed by atoms with van der Waals surface area (Å²) >= 11 is 0. The summed E-state index contributed by atoms with van der Waals surface area (Å²) in [6.07, 6.45) is 5.50. The first-order valence-corrected chi connectivity index (χ1v) is 7.72. The molecule has 2 aromatic heterocycles. The number of ether oxygens (including phenoxy) is 1. The van der Waals surface area contributed by atoms with E-state index in [1.54, 1.807) is 24.7 Å². The summed E-state index contributed by atoms with van der Waals surface area (Å²) in [6.45, 7) is 5.17. The number of rotatable bonds is 6. The number of carbonyl (C=O) groups excluding carboxylic acids is 1. The Balaban J connectivity index is 1.47. The maximum atomic E-state index is 12.2. The van der Waals surface area contributed by atoms with Crippen LogP contribution >= 0.6 is 0 Å². The van der Waals surface area contributed by atoms with E-state index < -0.39 is 0 Å². The van der Waals surface area contributed by atoms with Gasteiger partial charge in [0.15, 0.2) is 5.82 Å². The summed E-state index contributed by atoms with van der Waals surface area (Å²) in [5.74, 6) is 0.471. The minimum absolute atomic E-state index is 0.101. The number of pyridine rings is 1. The normalized spacial score (nSPS) is 15.5. The molecule has 122 valence electrons. The SMILES string of the molecule is O=C(NCCCN1CCOCC1)c1ccnc(-n2cncn2)c1. The zero-order valence-electron chi connectivity index (χ0n) is 12.9. The van der Waals surface area contributed by atoms with E-state index in [0.717, 1.165) is 39.3 Å². The van der Waals surface area contributed by atoms with Crippen LogP contribution in [0.4, 0.5) is 0 Å². The molecule has 0 spiro atoms. The molecule has 1 amide bonds. The van der Waals surface area contributed by atoms with Gasteiger partial charge in [0.05, 0.1) is 13.2 Å². The summed E-state index contributed by atoms with van der Waals surface area (Å²) in [7, 11) is 0. The fourth-order valence-corrected chi connectivity index (χ4v) is 2.44. The lowest BCUT2D eigenvalue weighted by Crippen LogP contribution is -2.38. The molecule has 1 N–H and O–H groups in total. The first-order chi connectivity index (χ1) is 11.3. The van der Waals surface area contributed by atoms with Gasteiger partial charge in [-0.2, -0.15) is 5.10 Å². The van der Waals surface area contributed by atoms with Gasteiger partial charge in [0, 0.05) is 31.4 Å². The zero-order valence-corrected chi connectivity index (χ0v) is 12.9. The van der Waals surface area contributed by atoms with Gasteiger partial charge in [-0.15, -0.1) is 0 Å². The van der Waals surface area contributed by atoms with Crippen molar-refractivity contribution < 1.29 is 9.53 Å². The summed E-state index contributed by atoms with van der Waals surface area (Å²) in [5.41, 5.74) is 0.567. The lowest BCUT2D eigenvalue weighted by Gasteiger charge is -2.26. The number of amides is 1. The smallest absolute Gasteiger partial charge is 0.251 e. The van der Waals surface area contributed by atoms with Gasteiger partial charge >= 0.3 is 0 Å². The second kappa shape index (κ2) is 7.80. The molecule has 8 nitrogen and oxygen atoms in total. The minimum Gasteiger partial charge on any atom is -0.379 e. The second-order valence-corrected chi connectivity index (χ2v) is 5.31. The Kier molecular flexibility index (Phi) is 5.28. The molecule has 0 aromatic carbocycles. The number of morpholine rings is 1. The monoisotopic (exact) mass is 316 g/mol. The van der Waals surface area contributed by atoms with Gasteiger partial charge in [0.1, 0.15) is 12.7 Å². The van der Waals surface area contributed by atoms with Gasteiger partial charge < -0.3 is 10.1 Å². The van der Waals surface area contributed by atoms with Crippen molar-refractivity contribution in [3.63, 3.8) is 0 Å². The topological polar surface area (TPSA) is 85.2 Å². The largest absolute Gasteiger partial charge is 0.379 e. The zero-order chi connectivity index (χ0) is 15.9. The predicted molar refractivity (Wildman–Crippen MR) is 83.4 cm³/mol. The van der Waals surface area contributed by atoms with Crippen LogP contribution in [0.2, 0.25) is 0 Å². The van der Waals surface area contributed by atoms with E-state index in [1.807, 2.05) is 0 Å². The van der Waals surface area contributed by atoms with E-state index >= 15 is 0 Å². The van der Waals surface area contributed by atoms with E-state index in [9.17, 15) is 4.79 Å². The highest BCUT2D eigenvalue weighted by molar-refractivity contribution is 5.94. The Morgan fingerprint density at radius 2 is 2.22 bits per heavy atom. The fraction of sp³-hybridized carbons (Fsp3) is 0.467. The van der Waals surface area contributed by atoms with Crippen LogP contribution in [-0.2, 0) is 4.74 Å². The Morgan fingerprint density at radius 3 is 3.00 bits per heavy atom. The number of carbonyl (C=O) groups is 1. The van der Waals surface area contributed by atoms with Gasteiger partial charge in [0.2, 0.25) is 0 Å². The highest BCUT2D eigenvalue weighted by Crippen LogP contribution is 2.05. The van der Waals surface area contributed by atoms with E-state index in [-0.39, 0.29) is 5.91 Å². The minimum atomic E-state index is -0.101. The lowest BCUT2D eigenvalue weighted by molar-refractivity contribution is 0.0374. The van der Waals surface area contributed by atoms with Crippen LogP contribution in [0.3, 0.4) is 0 Å². The van der Waals surface area contributed by atoms with Gasteiger partial charge in [-0.25, -0.2) is 14.6 Å². The fourth-order valence-electron chi connectivity index (χ4n) is 2.44. The molecule has 2 aromatic rings. The van der Waals surface area contributed by atoms with Crippen molar-refractivity contribution in [2.24, 2.45) is 0 Å². The predicted octanol–water partition coefficient (Wildman–Crippen LogP) is 0.114. The number of nitrogens with zero attached hydrogens (tertiary/aromatic N) is 5. The van der Waals surface area contributed by atoms with Crippen molar-refractivity contribution in [2.75, 3.05) is 39.4 Å². The van der Waals surface area contributed by atoms with Gasteiger partial charge in [0.25, 0.3) is 5.91 Å². The van der Waals surface area contributed by atoms with E-state index in [4.69, 9.17) is 4.74 Å². The Hall–Kier alpha value is -2.32. The summed E-state index contributed by atoms with van der Waals surface area (Å²) in [5, 5.41) is 6.95. The molecule has 3 rings (SSSR count). The third kappa shape index (κ3) is 4.33. The van der Waals surface area contributed by atoms with Crippen LogP contribution in [-0.4, -0.2) is 69.9 Å². The standard InChI is InChI=1S/C15H20N6O2/c22-15(18-3-1-5-20-6-8-23-9-7-20)13-2-4-17-14(10-13)21-12-16-11-19-21/h2,4,10-12H,1,3,5-9H2,(H,18,22). The molecule has 1 saturated heterocycles. The Bertz CT molecular complexity index is 625. The second-order valence-electron chi connectivity index (χ2n) is 5.31. The van der Waals surface area contributed by atoms with E-state index in [0.29, 0.717) is 17.9 Å².